The molecule has 1 aliphatic heterocycles. The second kappa shape index (κ2) is 2.43. The van der Waals surface area contributed by atoms with Gasteiger partial charge in [-0.25, -0.2) is 0 Å². The summed E-state index contributed by atoms with van der Waals surface area (Å²) in [7, 11) is -1.19. The summed E-state index contributed by atoms with van der Waals surface area (Å²) in [6.07, 6.45) is 4.20. The molecule has 0 amide bonds. The van der Waals surface area contributed by atoms with Crippen molar-refractivity contribution in [2.45, 2.75) is 44.3 Å². The van der Waals surface area contributed by atoms with Gasteiger partial charge in [0.25, 0.3) is 0 Å². The molecule has 0 aromatic rings. The van der Waals surface area contributed by atoms with E-state index in [-0.39, 0.29) is 0 Å². The van der Waals surface area contributed by atoms with Gasteiger partial charge in [-0.1, -0.05) is 32.7 Å². The molecular formula is C7H17NSi. The zero-order valence-electron chi connectivity index (χ0n) is 6.48. The minimum Gasteiger partial charge on any atom is -0.351 e. The summed E-state index contributed by atoms with van der Waals surface area (Å²) >= 11 is 0. The first-order valence-corrected chi connectivity index (χ1v) is 6.78. The lowest BCUT2D eigenvalue weighted by Crippen LogP contribution is -2.47. The molecule has 0 bridgehead atoms. The highest BCUT2D eigenvalue weighted by molar-refractivity contribution is 6.77. The van der Waals surface area contributed by atoms with Crippen LogP contribution in [0.3, 0.4) is 0 Å². The Hall–Kier alpha value is 0.177. The maximum Gasteiger partial charge on any atom is 0.122 e. The maximum atomic E-state index is 6.16. The van der Waals surface area contributed by atoms with Gasteiger partial charge in [0.2, 0.25) is 0 Å². The van der Waals surface area contributed by atoms with Crippen LogP contribution in [0.2, 0.25) is 18.1 Å². The monoisotopic (exact) mass is 143 g/mol. The van der Waals surface area contributed by atoms with Gasteiger partial charge in [-0.2, -0.15) is 0 Å². The van der Waals surface area contributed by atoms with E-state index in [0.717, 1.165) is 5.54 Å². The fraction of sp³-hybridized carbons (Fsp3) is 1.00. The second-order valence-electron chi connectivity index (χ2n) is 3.65. The largest absolute Gasteiger partial charge is 0.351 e. The summed E-state index contributed by atoms with van der Waals surface area (Å²) in [4.78, 5) is 0. The summed E-state index contributed by atoms with van der Waals surface area (Å²) < 4.78 is 0. The fourth-order valence-electron chi connectivity index (χ4n) is 1.53. The van der Waals surface area contributed by atoms with Gasteiger partial charge >= 0.3 is 0 Å². The van der Waals surface area contributed by atoms with Gasteiger partial charge in [0, 0.05) is 0 Å². The molecule has 2 heteroatoms. The molecule has 9 heavy (non-hydrogen) atoms. The highest BCUT2D eigenvalue weighted by Crippen LogP contribution is 2.32. The van der Waals surface area contributed by atoms with Crippen molar-refractivity contribution in [1.82, 2.24) is 0 Å². The van der Waals surface area contributed by atoms with Crippen LogP contribution in [-0.4, -0.2) is 8.24 Å². The van der Waals surface area contributed by atoms with E-state index < -0.39 is 8.24 Å². The van der Waals surface area contributed by atoms with Crippen molar-refractivity contribution in [3.05, 3.63) is 0 Å². The molecule has 1 rings (SSSR count). The summed E-state index contributed by atoms with van der Waals surface area (Å²) in [5.41, 5.74) is 0.867. The van der Waals surface area contributed by atoms with Crippen molar-refractivity contribution in [3.63, 3.8) is 0 Å². The molecular weight excluding hydrogens is 126 g/mol. The SMILES string of the molecule is CC1CCCC[Si]1(C)N. The van der Waals surface area contributed by atoms with Crippen molar-refractivity contribution in [2.75, 3.05) is 0 Å². The van der Waals surface area contributed by atoms with Crippen LogP contribution in [-0.2, 0) is 0 Å². The number of rotatable bonds is 0. The molecule has 0 saturated carbocycles. The molecule has 2 unspecified atom stereocenters. The van der Waals surface area contributed by atoms with Crippen LogP contribution in [0.25, 0.3) is 0 Å². The van der Waals surface area contributed by atoms with Crippen LogP contribution >= 0.6 is 0 Å². The van der Waals surface area contributed by atoms with E-state index in [1.807, 2.05) is 0 Å². The molecule has 1 aliphatic rings. The molecule has 0 aromatic carbocycles. The smallest absolute Gasteiger partial charge is 0.122 e. The quantitative estimate of drug-likeness (QED) is 0.516. The number of nitrogens with two attached hydrogens (primary N) is 1. The van der Waals surface area contributed by atoms with Gasteiger partial charge in [0.1, 0.15) is 8.24 Å². The lowest BCUT2D eigenvalue weighted by Gasteiger charge is -2.33. The van der Waals surface area contributed by atoms with E-state index in [0.29, 0.717) is 0 Å². The summed E-state index contributed by atoms with van der Waals surface area (Å²) in [5, 5.41) is 6.16. The van der Waals surface area contributed by atoms with Gasteiger partial charge < -0.3 is 5.40 Å². The molecule has 1 heterocycles. The highest BCUT2D eigenvalue weighted by atomic mass is 28.3. The topological polar surface area (TPSA) is 26.0 Å². The molecule has 0 radical (unpaired) electrons. The van der Waals surface area contributed by atoms with Gasteiger partial charge in [-0.05, 0) is 11.6 Å². The first-order valence-electron chi connectivity index (χ1n) is 3.92. The predicted molar refractivity (Wildman–Crippen MR) is 43.9 cm³/mol. The molecule has 1 fully saturated rings. The van der Waals surface area contributed by atoms with Gasteiger partial charge in [0.15, 0.2) is 0 Å². The first kappa shape index (κ1) is 7.29. The second-order valence-corrected chi connectivity index (χ2v) is 8.15. The maximum absolute atomic E-state index is 6.16. The molecule has 2 atom stereocenters. The van der Waals surface area contributed by atoms with Crippen LogP contribution in [0, 0.1) is 0 Å². The van der Waals surface area contributed by atoms with Gasteiger partial charge in [-0.3, -0.25) is 0 Å². The fourth-order valence-corrected chi connectivity index (χ4v) is 3.90. The Kier molecular flexibility index (Phi) is 1.96. The number of hydrogen-bond donors (Lipinski definition) is 1. The Morgan fingerprint density at radius 1 is 1.44 bits per heavy atom. The summed E-state index contributed by atoms with van der Waals surface area (Å²) in [6, 6.07) is 1.36. The van der Waals surface area contributed by atoms with Gasteiger partial charge in [-0.15, -0.1) is 0 Å². The van der Waals surface area contributed by atoms with E-state index in [1.165, 1.54) is 25.3 Å². The van der Waals surface area contributed by atoms with Crippen LogP contribution in [0.5, 0.6) is 0 Å². The standard InChI is InChI=1S/C7H17NSi/c1-7-5-3-4-6-9(7,2)8/h7H,3-6,8H2,1-2H3. The lowest BCUT2D eigenvalue weighted by atomic mass is 10.2. The van der Waals surface area contributed by atoms with E-state index in [2.05, 4.69) is 13.5 Å². The minimum atomic E-state index is -1.19. The van der Waals surface area contributed by atoms with Crippen molar-refractivity contribution in [3.8, 4) is 0 Å². The average molecular weight is 143 g/mol. The van der Waals surface area contributed by atoms with Crippen LogP contribution in [0.15, 0.2) is 0 Å². The normalized spacial score (nSPS) is 45.0. The third kappa shape index (κ3) is 1.55. The van der Waals surface area contributed by atoms with Crippen molar-refractivity contribution < 1.29 is 0 Å². The Morgan fingerprint density at radius 3 is 2.44 bits per heavy atom. The molecule has 0 spiro atoms. The third-order valence-electron chi connectivity index (χ3n) is 2.73. The Morgan fingerprint density at radius 2 is 2.11 bits per heavy atom. The van der Waals surface area contributed by atoms with E-state index in [4.69, 9.17) is 5.40 Å². The minimum absolute atomic E-state index is 0.867. The first-order chi connectivity index (χ1) is 4.13. The molecule has 1 nitrogen and oxygen atoms in total. The average Bonchev–Trinajstić information content (AvgIpc) is 1.77. The molecule has 1 saturated heterocycles. The Balaban J connectivity index is 2.49. The highest BCUT2D eigenvalue weighted by Gasteiger charge is 2.31. The zero-order chi connectivity index (χ0) is 6.91. The molecule has 2 N–H and O–H groups in total. The van der Waals surface area contributed by atoms with Crippen molar-refractivity contribution >= 4 is 8.24 Å². The van der Waals surface area contributed by atoms with Gasteiger partial charge in [0.05, 0.1) is 0 Å². The van der Waals surface area contributed by atoms with E-state index >= 15 is 0 Å². The molecule has 54 valence electrons. The van der Waals surface area contributed by atoms with Crippen molar-refractivity contribution in [2.24, 2.45) is 5.40 Å². The summed E-state index contributed by atoms with van der Waals surface area (Å²) in [5.74, 6) is 0. The Labute approximate surface area is 58.7 Å². The van der Waals surface area contributed by atoms with Crippen LogP contribution in [0.1, 0.15) is 26.2 Å². The molecule has 0 aliphatic carbocycles. The van der Waals surface area contributed by atoms with Crippen LogP contribution < -0.4 is 5.40 Å². The zero-order valence-corrected chi connectivity index (χ0v) is 7.48. The van der Waals surface area contributed by atoms with Crippen molar-refractivity contribution in [1.29, 1.82) is 0 Å². The third-order valence-corrected chi connectivity index (χ3v) is 6.70. The predicted octanol–water partition coefficient (Wildman–Crippen LogP) is 2.09. The summed E-state index contributed by atoms with van der Waals surface area (Å²) in [6.45, 7) is 4.64. The molecule has 0 aromatic heterocycles. The number of hydrogen-bond acceptors (Lipinski definition) is 1. The Bertz CT molecular complexity index is 101. The van der Waals surface area contributed by atoms with Crippen LogP contribution in [0.4, 0.5) is 0 Å². The van der Waals surface area contributed by atoms with E-state index in [9.17, 15) is 0 Å². The lowest BCUT2D eigenvalue weighted by molar-refractivity contribution is 0.631. The van der Waals surface area contributed by atoms with E-state index in [1.54, 1.807) is 0 Å².